The fourth-order valence-corrected chi connectivity index (χ4v) is 2.69. The van der Waals surface area contributed by atoms with Crippen LogP contribution in [0.2, 0.25) is 0 Å². The van der Waals surface area contributed by atoms with Crippen LogP contribution < -0.4 is 5.73 Å². The summed E-state index contributed by atoms with van der Waals surface area (Å²) in [5.74, 6) is -2.42. The maximum atomic E-state index is 11.4. The Kier molecular flexibility index (Phi) is 2.13. The number of nitrogens with two attached hydrogens (primary N) is 1. The molecule has 2 unspecified atom stereocenters. The molecule has 0 aromatic carbocycles. The lowest BCUT2D eigenvalue weighted by Gasteiger charge is -2.26. The Hall–Kier alpha value is -0.940. The molecule has 0 spiro atoms. The Morgan fingerprint density at radius 2 is 1.87 bits per heavy atom. The zero-order valence-corrected chi connectivity index (χ0v) is 8.40. The molecule has 2 aliphatic carbocycles. The molecule has 0 saturated heterocycles. The summed E-state index contributed by atoms with van der Waals surface area (Å²) in [6.07, 6.45) is 4.31. The summed E-state index contributed by atoms with van der Waals surface area (Å²) >= 11 is 0. The average molecular weight is 213 g/mol. The first-order chi connectivity index (χ1) is 6.95. The van der Waals surface area contributed by atoms with Gasteiger partial charge in [0.2, 0.25) is 11.3 Å². The van der Waals surface area contributed by atoms with Crippen LogP contribution in [-0.4, -0.2) is 33.1 Å². The summed E-state index contributed by atoms with van der Waals surface area (Å²) in [6, 6.07) is 0. The SMILES string of the molecule is NC1(C(=O)O)C(=O)C1(O)C1CCCCC1. The second kappa shape index (κ2) is 3.02. The van der Waals surface area contributed by atoms with Crippen LogP contribution in [0.3, 0.4) is 0 Å². The van der Waals surface area contributed by atoms with E-state index < -0.39 is 22.9 Å². The third kappa shape index (κ3) is 1.10. The van der Waals surface area contributed by atoms with E-state index in [4.69, 9.17) is 10.8 Å². The Labute approximate surface area is 87.3 Å². The highest BCUT2D eigenvalue weighted by atomic mass is 16.4. The fraction of sp³-hybridized carbons (Fsp3) is 0.800. The monoisotopic (exact) mass is 213 g/mol. The molecule has 0 aliphatic heterocycles. The zero-order valence-electron chi connectivity index (χ0n) is 8.40. The molecule has 2 fully saturated rings. The maximum Gasteiger partial charge on any atom is 0.335 e. The van der Waals surface area contributed by atoms with Crippen LogP contribution >= 0.6 is 0 Å². The Morgan fingerprint density at radius 3 is 2.27 bits per heavy atom. The van der Waals surface area contributed by atoms with E-state index in [1.54, 1.807) is 0 Å². The summed E-state index contributed by atoms with van der Waals surface area (Å²) < 4.78 is 0. The first-order valence-corrected chi connectivity index (χ1v) is 5.25. The van der Waals surface area contributed by atoms with Gasteiger partial charge in [0.15, 0.2) is 5.60 Å². The molecule has 2 rings (SSSR count). The molecule has 84 valence electrons. The number of ketones is 1. The van der Waals surface area contributed by atoms with Gasteiger partial charge in [-0.05, 0) is 18.8 Å². The highest BCUT2D eigenvalue weighted by molar-refractivity contribution is 6.29. The van der Waals surface area contributed by atoms with Crippen molar-refractivity contribution in [3.63, 3.8) is 0 Å². The van der Waals surface area contributed by atoms with Crippen molar-refractivity contribution >= 4 is 11.8 Å². The number of hydrogen-bond donors (Lipinski definition) is 3. The second-order valence-corrected chi connectivity index (χ2v) is 4.54. The van der Waals surface area contributed by atoms with E-state index in [9.17, 15) is 14.7 Å². The molecular formula is C10H15NO4. The minimum atomic E-state index is -2.05. The Balaban J connectivity index is 2.22. The fourth-order valence-electron chi connectivity index (χ4n) is 2.69. The molecule has 0 aromatic rings. The molecule has 2 saturated carbocycles. The second-order valence-electron chi connectivity index (χ2n) is 4.54. The minimum absolute atomic E-state index is 0.278. The Bertz CT molecular complexity index is 323. The number of carbonyl (C=O) groups is 2. The van der Waals surface area contributed by atoms with Crippen LogP contribution in [-0.2, 0) is 9.59 Å². The van der Waals surface area contributed by atoms with Crippen molar-refractivity contribution in [2.45, 2.75) is 43.2 Å². The summed E-state index contributed by atoms with van der Waals surface area (Å²) in [4.78, 5) is 22.3. The van der Waals surface area contributed by atoms with E-state index in [2.05, 4.69) is 0 Å². The molecule has 5 nitrogen and oxygen atoms in total. The number of aliphatic hydroxyl groups is 1. The van der Waals surface area contributed by atoms with Gasteiger partial charge >= 0.3 is 5.97 Å². The summed E-state index contributed by atoms with van der Waals surface area (Å²) in [6.45, 7) is 0. The predicted octanol–water partition coefficient (Wildman–Crippen LogP) is -0.337. The van der Waals surface area contributed by atoms with E-state index in [1.165, 1.54) is 0 Å². The van der Waals surface area contributed by atoms with Gasteiger partial charge in [-0.3, -0.25) is 4.79 Å². The molecule has 15 heavy (non-hydrogen) atoms. The smallest absolute Gasteiger partial charge is 0.335 e. The normalized spacial score (nSPS) is 41.6. The van der Waals surface area contributed by atoms with Crippen LogP contribution in [0.25, 0.3) is 0 Å². The molecular weight excluding hydrogens is 198 g/mol. The predicted molar refractivity (Wildman–Crippen MR) is 51.1 cm³/mol. The van der Waals surface area contributed by atoms with E-state index in [0.717, 1.165) is 19.3 Å². The molecule has 0 amide bonds. The minimum Gasteiger partial charge on any atom is -0.479 e. The van der Waals surface area contributed by atoms with Crippen molar-refractivity contribution in [3.8, 4) is 0 Å². The number of carbonyl (C=O) groups excluding carboxylic acids is 1. The lowest BCUT2D eigenvalue weighted by Crippen LogP contribution is -2.46. The van der Waals surface area contributed by atoms with E-state index in [-0.39, 0.29) is 5.92 Å². The van der Waals surface area contributed by atoms with Crippen molar-refractivity contribution < 1.29 is 19.8 Å². The van der Waals surface area contributed by atoms with Crippen LogP contribution in [0.1, 0.15) is 32.1 Å². The molecule has 0 bridgehead atoms. The third-order valence-electron chi connectivity index (χ3n) is 3.78. The quantitative estimate of drug-likeness (QED) is 0.545. The molecule has 0 heterocycles. The molecule has 4 N–H and O–H groups in total. The number of aliphatic carboxylic acids is 1. The third-order valence-corrected chi connectivity index (χ3v) is 3.78. The molecule has 0 radical (unpaired) electrons. The molecule has 2 aliphatic rings. The van der Waals surface area contributed by atoms with Gasteiger partial charge in [0.05, 0.1) is 0 Å². The van der Waals surface area contributed by atoms with Crippen LogP contribution in [0.15, 0.2) is 0 Å². The van der Waals surface area contributed by atoms with Crippen LogP contribution in [0, 0.1) is 5.92 Å². The number of carboxylic acid groups (broad SMARTS) is 1. The molecule has 2 atom stereocenters. The van der Waals surface area contributed by atoms with Crippen LogP contribution in [0.5, 0.6) is 0 Å². The highest BCUT2D eigenvalue weighted by Crippen LogP contribution is 2.51. The number of carboxylic acids is 1. The van der Waals surface area contributed by atoms with Gasteiger partial charge in [-0.1, -0.05) is 19.3 Å². The maximum absolute atomic E-state index is 11.4. The average Bonchev–Trinajstić information content (AvgIpc) is 2.69. The van der Waals surface area contributed by atoms with Crippen LogP contribution in [0.4, 0.5) is 0 Å². The van der Waals surface area contributed by atoms with E-state index >= 15 is 0 Å². The van der Waals surface area contributed by atoms with E-state index in [1.807, 2.05) is 0 Å². The lowest BCUT2D eigenvalue weighted by atomic mass is 9.82. The largest absolute Gasteiger partial charge is 0.479 e. The van der Waals surface area contributed by atoms with Crippen molar-refractivity contribution in [1.82, 2.24) is 0 Å². The van der Waals surface area contributed by atoms with Crippen molar-refractivity contribution in [1.29, 1.82) is 0 Å². The van der Waals surface area contributed by atoms with Gasteiger partial charge in [-0.15, -0.1) is 0 Å². The zero-order chi connectivity index (χ0) is 11.3. The van der Waals surface area contributed by atoms with Gasteiger partial charge in [-0.25, -0.2) is 4.79 Å². The van der Waals surface area contributed by atoms with Gasteiger partial charge in [0.1, 0.15) is 0 Å². The number of rotatable bonds is 2. The summed E-state index contributed by atoms with van der Waals surface area (Å²) in [5.41, 5.74) is 1.59. The van der Waals surface area contributed by atoms with Crippen molar-refractivity contribution in [2.24, 2.45) is 11.7 Å². The van der Waals surface area contributed by atoms with Gasteiger partial charge < -0.3 is 15.9 Å². The van der Waals surface area contributed by atoms with E-state index in [0.29, 0.717) is 12.8 Å². The molecule has 0 aromatic heterocycles. The Morgan fingerprint density at radius 1 is 1.33 bits per heavy atom. The first-order valence-electron chi connectivity index (χ1n) is 5.25. The van der Waals surface area contributed by atoms with Crippen molar-refractivity contribution in [2.75, 3.05) is 0 Å². The van der Waals surface area contributed by atoms with Gasteiger partial charge in [0.25, 0.3) is 0 Å². The lowest BCUT2D eigenvalue weighted by molar-refractivity contribution is -0.142. The van der Waals surface area contributed by atoms with Gasteiger partial charge in [-0.2, -0.15) is 0 Å². The standard InChI is InChI=1S/C10H15NO4/c11-9(8(13)14)7(12)10(9,15)6-4-2-1-3-5-6/h6,15H,1-5,11H2,(H,13,14). The highest BCUT2D eigenvalue weighted by Gasteiger charge is 2.82. The van der Waals surface area contributed by atoms with Crippen molar-refractivity contribution in [3.05, 3.63) is 0 Å². The topological polar surface area (TPSA) is 101 Å². The van der Waals surface area contributed by atoms with Gasteiger partial charge in [0, 0.05) is 0 Å². The number of Topliss-reactive ketones (excluding diaryl/α,β-unsaturated/α-hetero) is 1. The summed E-state index contributed by atoms with van der Waals surface area (Å²) in [5, 5.41) is 18.9. The first kappa shape index (κ1) is 10.6. The molecule has 5 heteroatoms. The number of hydrogen-bond acceptors (Lipinski definition) is 4. The summed E-state index contributed by atoms with van der Waals surface area (Å²) in [7, 11) is 0.